The van der Waals surface area contributed by atoms with E-state index in [-0.39, 0.29) is 12.0 Å². The minimum Gasteiger partial charge on any atom is -0.353 e. The van der Waals surface area contributed by atoms with Crippen molar-refractivity contribution in [2.75, 3.05) is 13.1 Å². The number of nitrogens with zero attached hydrogens (tertiary/aromatic N) is 1. The Hall–Kier alpha value is -1.34. The zero-order valence-electron chi connectivity index (χ0n) is 13.9. The summed E-state index contributed by atoms with van der Waals surface area (Å²) >= 11 is 12.4. The Kier molecular flexibility index (Phi) is 5.36. The van der Waals surface area contributed by atoms with Crippen LogP contribution in [0.1, 0.15) is 17.2 Å². The van der Waals surface area contributed by atoms with Crippen LogP contribution in [-0.2, 0) is 0 Å². The van der Waals surface area contributed by atoms with E-state index >= 15 is 0 Å². The highest BCUT2D eigenvalue weighted by Crippen LogP contribution is 2.32. The van der Waals surface area contributed by atoms with Gasteiger partial charge >= 0.3 is 0 Å². The van der Waals surface area contributed by atoms with Gasteiger partial charge in [0.25, 0.3) is 0 Å². The highest BCUT2D eigenvalue weighted by molar-refractivity contribution is 9.10. The van der Waals surface area contributed by atoms with Gasteiger partial charge in [0, 0.05) is 28.0 Å². The molecule has 0 spiro atoms. The molecule has 4 rings (SSSR count). The molecule has 2 heterocycles. The van der Waals surface area contributed by atoms with E-state index in [4.69, 9.17) is 17.2 Å². The molecule has 2 aliphatic heterocycles. The Morgan fingerprint density at radius 2 is 1.65 bits per heavy atom. The predicted octanol–water partition coefficient (Wildman–Crippen LogP) is 4.88. The lowest BCUT2D eigenvalue weighted by Crippen LogP contribution is -2.50. The van der Waals surface area contributed by atoms with Crippen LogP contribution in [0.3, 0.4) is 0 Å². The molecule has 1 saturated heterocycles. The molecule has 2 aromatic carbocycles. The second-order valence-electron chi connectivity index (χ2n) is 6.43. The van der Waals surface area contributed by atoms with E-state index in [1.165, 1.54) is 11.1 Å². The van der Waals surface area contributed by atoms with Crippen molar-refractivity contribution in [3.8, 4) is 0 Å². The molecule has 2 unspecified atom stereocenters. The fourth-order valence-corrected chi connectivity index (χ4v) is 4.22. The lowest BCUT2D eigenvalue weighted by atomic mass is 9.82. The van der Waals surface area contributed by atoms with Crippen LogP contribution in [-0.4, -0.2) is 23.9 Å². The summed E-state index contributed by atoms with van der Waals surface area (Å²) in [5, 5.41) is 7.50. The van der Waals surface area contributed by atoms with Gasteiger partial charge in [-0.15, -0.1) is 0 Å². The van der Waals surface area contributed by atoms with Crippen molar-refractivity contribution < 1.29 is 0 Å². The van der Waals surface area contributed by atoms with E-state index in [9.17, 15) is 0 Å². The minimum absolute atomic E-state index is 0.129. The molecular formula is C20H17Br2N3S. The van der Waals surface area contributed by atoms with E-state index < -0.39 is 0 Å². The van der Waals surface area contributed by atoms with Crippen molar-refractivity contribution in [2.45, 2.75) is 6.04 Å². The average molecular weight is 491 g/mol. The minimum atomic E-state index is 0.129. The molecule has 0 saturated carbocycles. The van der Waals surface area contributed by atoms with Crippen LogP contribution in [0.15, 0.2) is 68.0 Å². The van der Waals surface area contributed by atoms with Crippen LogP contribution in [0.25, 0.3) is 6.08 Å². The average Bonchev–Trinajstić information content (AvgIpc) is 2.64. The van der Waals surface area contributed by atoms with Crippen molar-refractivity contribution in [3.05, 3.63) is 74.2 Å². The maximum Gasteiger partial charge on any atom is 0.193 e. The van der Waals surface area contributed by atoms with Gasteiger partial charge in [-0.1, -0.05) is 56.1 Å². The molecule has 0 radical (unpaired) electrons. The van der Waals surface area contributed by atoms with E-state index in [2.05, 4.69) is 97.1 Å². The Bertz CT molecular complexity index is 888. The zero-order valence-corrected chi connectivity index (χ0v) is 17.9. The van der Waals surface area contributed by atoms with Crippen LogP contribution in [0, 0.1) is 5.92 Å². The van der Waals surface area contributed by atoms with Crippen LogP contribution < -0.4 is 10.6 Å². The molecule has 2 aliphatic rings. The number of halogens is 2. The second-order valence-corrected chi connectivity index (χ2v) is 8.65. The summed E-state index contributed by atoms with van der Waals surface area (Å²) in [5.74, 6) is 0.248. The first-order chi connectivity index (χ1) is 12.6. The van der Waals surface area contributed by atoms with Crippen LogP contribution >= 0.6 is 44.1 Å². The molecule has 26 heavy (non-hydrogen) atoms. The third-order valence-electron chi connectivity index (χ3n) is 4.70. The number of fused-ring (bicyclic) bond motifs is 1. The lowest BCUT2D eigenvalue weighted by molar-refractivity contribution is 0.455. The number of thiocarbonyl (C=S) groups is 1. The molecule has 2 atom stereocenters. The predicted molar refractivity (Wildman–Crippen MR) is 119 cm³/mol. The number of hydrogen-bond acceptors (Lipinski definition) is 2. The largest absolute Gasteiger partial charge is 0.353 e. The lowest BCUT2D eigenvalue weighted by Gasteiger charge is -2.38. The van der Waals surface area contributed by atoms with Gasteiger partial charge in [-0.05, 0) is 59.3 Å². The first-order valence-corrected chi connectivity index (χ1v) is 10.4. The maximum absolute atomic E-state index is 5.45. The van der Waals surface area contributed by atoms with Gasteiger partial charge in [0.05, 0.1) is 11.8 Å². The summed E-state index contributed by atoms with van der Waals surface area (Å²) < 4.78 is 2.15. The highest BCUT2D eigenvalue weighted by atomic mass is 79.9. The van der Waals surface area contributed by atoms with E-state index in [0.29, 0.717) is 5.11 Å². The van der Waals surface area contributed by atoms with Gasteiger partial charge in [0.15, 0.2) is 5.11 Å². The van der Waals surface area contributed by atoms with Gasteiger partial charge in [0.1, 0.15) is 0 Å². The van der Waals surface area contributed by atoms with Crippen molar-refractivity contribution >= 4 is 61.0 Å². The molecule has 2 N–H and O–H groups in total. The van der Waals surface area contributed by atoms with E-state index in [0.717, 1.165) is 33.3 Å². The molecule has 0 amide bonds. The van der Waals surface area contributed by atoms with Crippen LogP contribution in [0.5, 0.6) is 0 Å². The summed E-state index contributed by atoms with van der Waals surface area (Å²) in [5.41, 5.74) is 4.69. The van der Waals surface area contributed by atoms with Crippen LogP contribution in [0.4, 0.5) is 0 Å². The third-order valence-corrected chi connectivity index (χ3v) is 5.97. The topological polar surface area (TPSA) is 36.4 Å². The Morgan fingerprint density at radius 3 is 2.35 bits per heavy atom. The van der Waals surface area contributed by atoms with Gasteiger partial charge in [-0.2, -0.15) is 0 Å². The molecular weight excluding hydrogens is 474 g/mol. The van der Waals surface area contributed by atoms with Gasteiger partial charge in [-0.3, -0.25) is 0 Å². The molecule has 3 nitrogen and oxygen atoms in total. The van der Waals surface area contributed by atoms with E-state index in [1.807, 2.05) is 0 Å². The summed E-state index contributed by atoms with van der Waals surface area (Å²) in [6, 6.07) is 16.9. The summed E-state index contributed by atoms with van der Waals surface area (Å²) in [7, 11) is 0. The number of aliphatic imine (C=N–C) groups is 1. The van der Waals surface area contributed by atoms with Crippen molar-refractivity contribution in [1.82, 2.24) is 10.6 Å². The van der Waals surface area contributed by atoms with Crippen molar-refractivity contribution in [1.29, 1.82) is 0 Å². The first kappa shape index (κ1) is 18.0. The Balaban J connectivity index is 1.69. The number of benzene rings is 2. The Labute approximate surface area is 175 Å². The SMILES string of the molecule is S=C1N=C2/C(=C/c3ccc(Br)cc3)CNCC2C(c2ccc(Br)cc2)N1. The molecule has 0 bridgehead atoms. The molecule has 0 aromatic heterocycles. The first-order valence-electron chi connectivity index (χ1n) is 8.42. The van der Waals surface area contributed by atoms with Gasteiger partial charge < -0.3 is 10.6 Å². The second kappa shape index (κ2) is 7.72. The number of nitrogens with one attached hydrogen (secondary N) is 2. The molecule has 2 aromatic rings. The smallest absolute Gasteiger partial charge is 0.193 e. The normalized spacial score (nSPS) is 24.0. The molecule has 0 aliphatic carbocycles. The summed E-state index contributed by atoms with van der Waals surface area (Å²) in [6.45, 7) is 1.69. The Morgan fingerprint density at radius 1 is 1.00 bits per heavy atom. The molecule has 132 valence electrons. The van der Waals surface area contributed by atoms with Gasteiger partial charge in [0.2, 0.25) is 0 Å². The zero-order chi connectivity index (χ0) is 18.1. The van der Waals surface area contributed by atoms with Crippen molar-refractivity contribution in [3.63, 3.8) is 0 Å². The quantitative estimate of drug-likeness (QED) is 0.588. The fourth-order valence-electron chi connectivity index (χ4n) is 3.46. The number of rotatable bonds is 2. The number of hydrogen-bond donors (Lipinski definition) is 2. The summed E-state index contributed by atoms with van der Waals surface area (Å²) in [6.07, 6.45) is 2.21. The highest BCUT2D eigenvalue weighted by Gasteiger charge is 2.35. The fraction of sp³-hybridized carbons (Fsp3) is 0.200. The van der Waals surface area contributed by atoms with E-state index in [1.54, 1.807) is 0 Å². The summed E-state index contributed by atoms with van der Waals surface area (Å²) in [4.78, 5) is 4.70. The van der Waals surface area contributed by atoms with Crippen LogP contribution in [0.2, 0.25) is 0 Å². The van der Waals surface area contributed by atoms with Gasteiger partial charge in [-0.25, -0.2) is 4.99 Å². The third kappa shape index (κ3) is 3.83. The standard InChI is InChI=1S/C20H17Br2N3S/c21-15-5-1-12(2-6-15)9-14-10-23-11-17-18(24-20(26)25-19(14)17)13-3-7-16(22)8-4-13/h1-9,17-18,23H,10-11H2,(H,24,26)/b14-9+. The maximum atomic E-state index is 5.45. The molecule has 1 fully saturated rings. The number of piperidine rings is 1. The molecule has 6 heteroatoms. The monoisotopic (exact) mass is 489 g/mol. The van der Waals surface area contributed by atoms with Crippen molar-refractivity contribution in [2.24, 2.45) is 10.9 Å².